The third-order valence-electron chi connectivity index (χ3n) is 5.75. The van der Waals surface area contributed by atoms with E-state index >= 15 is 0 Å². The zero-order valence-electron chi connectivity index (χ0n) is 18.9. The average Bonchev–Trinajstić information content (AvgIpc) is 2.88. The van der Waals surface area contributed by atoms with Crippen molar-refractivity contribution >= 4 is 29.1 Å². The van der Waals surface area contributed by atoms with Crippen molar-refractivity contribution in [3.05, 3.63) is 108 Å². The average molecular weight is 535 g/mol. The summed E-state index contributed by atoms with van der Waals surface area (Å²) in [5.41, 5.74) is 0.319. The van der Waals surface area contributed by atoms with E-state index in [-0.39, 0.29) is 27.4 Å². The standard InChI is InChI=1S/C25H16Cl2N6O4/c26-19-10-16(33-25(36)30-23(34)21(12-28)31-33)11-20(27)22(19)37-17-1-2-18-15(9-17)5-8-32(24(18)35)13-14-3-6-29-7-4-14/h1-4,6-7,9-11H,5,8,13H2,(H,30,34,36). The van der Waals surface area contributed by atoms with Crippen molar-refractivity contribution in [1.29, 1.82) is 5.26 Å². The summed E-state index contributed by atoms with van der Waals surface area (Å²) in [5.74, 6) is 0.490. The maximum atomic E-state index is 13.0. The van der Waals surface area contributed by atoms with Gasteiger partial charge < -0.3 is 9.64 Å². The van der Waals surface area contributed by atoms with Gasteiger partial charge in [0.05, 0.1) is 15.7 Å². The number of amides is 1. The largest absolute Gasteiger partial charge is 0.454 e. The first-order valence-corrected chi connectivity index (χ1v) is 11.7. The summed E-state index contributed by atoms with van der Waals surface area (Å²) >= 11 is 12.8. The number of hydrogen-bond acceptors (Lipinski definition) is 7. The summed E-state index contributed by atoms with van der Waals surface area (Å²) in [6, 6.07) is 13.2. The van der Waals surface area contributed by atoms with Gasteiger partial charge in [0.15, 0.2) is 5.75 Å². The number of aromatic nitrogens is 4. The molecule has 4 aromatic rings. The van der Waals surface area contributed by atoms with E-state index in [1.807, 2.05) is 17.1 Å². The Balaban J connectivity index is 1.39. The van der Waals surface area contributed by atoms with E-state index in [2.05, 4.69) is 10.1 Å². The van der Waals surface area contributed by atoms with Crippen molar-refractivity contribution in [1.82, 2.24) is 24.6 Å². The normalized spacial score (nSPS) is 12.7. The topological polar surface area (TPSA) is 134 Å². The molecule has 5 rings (SSSR count). The van der Waals surface area contributed by atoms with Crippen LogP contribution in [0.25, 0.3) is 5.69 Å². The molecule has 184 valence electrons. The Hall–Kier alpha value is -4.46. The van der Waals surface area contributed by atoms with E-state index in [0.717, 1.165) is 15.8 Å². The molecular weight excluding hydrogens is 519 g/mol. The molecule has 1 amide bonds. The number of benzene rings is 2. The zero-order chi connectivity index (χ0) is 26.1. The first-order valence-electron chi connectivity index (χ1n) is 11.0. The highest BCUT2D eigenvalue weighted by Gasteiger charge is 2.25. The van der Waals surface area contributed by atoms with Crippen LogP contribution in [0.15, 0.2) is 64.4 Å². The van der Waals surface area contributed by atoms with Crippen LogP contribution in [0.5, 0.6) is 11.5 Å². The molecule has 0 aliphatic carbocycles. The van der Waals surface area contributed by atoms with Gasteiger partial charge in [-0.3, -0.25) is 19.6 Å². The lowest BCUT2D eigenvalue weighted by molar-refractivity contribution is 0.0727. The monoisotopic (exact) mass is 534 g/mol. The third-order valence-corrected chi connectivity index (χ3v) is 6.31. The first kappa shape index (κ1) is 24.2. The zero-order valence-corrected chi connectivity index (χ0v) is 20.5. The summed E-state index contributed by atoms with van der Waals surface area (Å²) < 4.78 is 6.74. The molecule has 0 bridgehead atoms. The minimum Gasteiger partial charge on any atom is -0.454 e. The van der Waals surface area contributed by atoms with Crippen molar-refractivity contribution in [3.8, 4) is 23.3 Å². The van der Waals surface area contributed by atoms with Gasteiger partial charge in [-0.2, -0.15) is 9.94 Å². The van der Waals surface area contributed by atoms with Crippen molar-refractivity contribution in [2.24, 2.45) is 0 Å². The lowest BCUT2D eigenvalue weighted by Gasteiger charge is -2.29. The van der Waals surface area contributed by atoms with E-state index in [4.69, 9.17) is 33.2 Å². The number of nitriles is 1. The molecule has 0 unspecified atom stereocenters. The van der Waals surface area contributed by atoms with E-state index in [9.17, 15) is 14.4 Å². The molecule has 12 heteroatoms. The van der Waals surface area contributed by atoms with Gasteiger partial charge in [0.2, 0.25) is 5.69 Å². The Morgan fingerprint density at radius 3 is 2.49 bits per heavy atom. The molecule has 0 radical (unpaired) electrons. The lowest BCUT2D eigenvalue weighted by atomic mass is 9.98. The summed E-state index contributed by atoms with van der Waals surface area (Å²) in [5, 5.41) is 12.9. The number of rotatable bonds is 5. The predicted octanol–water partition coefficient (Wildman–Crippen LogP) is 3.49. The Bertz CT molecular complexity index is 1670. The molecular formula is C25H16Cl2N6O4. The minimum atomic E-state index is -0.896. The summed E-state index contributed by atoms with van der Waals surface area (Å²) in [6.45, 7) is 1.05. The Morgan fingerprint density at radius 1 is 1.05 bits per heavy atom. The number of halogens is 2. The molecule has 2 aromatic carbocycles. The van der Waals surface area contributed by atoms with Gasteiger partial charge in [0.1, 0.15) is 11.8 Å². The molecule has 0 saturated heterocycles. The smallest absolute Gasteiger partial charge is 0.349 e. The van der Waals surface area contributed by atoms with Crippen LogP contribution in [0.1, 0.15) is 27.2 Å². The van der Waals surface area contributed by atoms with E-state index in [1.54, 1.807) is 41.6 Å². The maximum Gasteiger partial charge on any atom is 0.349 e. The van der Waals surface area contributed by atoms with Gasteiger partial charge in [-0.25, -0.2) is 4.79 Å². The fourth-order valence-electron chi connectivity index (χ4n) is 3.97. The highest BCUT2D eigenvalue weighted by Crippen LogP contribution is 2.39. The van der Waals surface area contributed by atoms with Crippen LogP contribution < -0.4 is 16.0 Å². The maximum absolute atomic E-state index is 13.0. The number of carbonyl (C=O) groups is 1. The highest BCUT2D eigenvalue weighted by atomic mass is 35.5. The quantitative estimate of drug-likeness (QED) is 0.414. The molecule has 10 nitrogen and oxygen atoms in total. The number of H-pyrrole nitrogens is 1. The minimum absolute atomic E-state index is 0.0678. The first-order chi connectivity index (χ1) is 17.8. The van der Waals surface area contributed by atoms with Gasteiger partial charge in [-0.15, -0.1) is 5.10 Å². The second-order valence-corrected chi connectivity index (χ2v) is 8.94. The second kappa shape index (κ2) is 9.89. The lowest BCUT2D eigenvalue weighted by Crippen LogP contribution is -2.37. The molecule has 0 atom stereocenters. The third kappa shape index (κ3) is 4.82. The van der Waals surface area contributed by atoms with Crippen molar-refractivity contribution in [2.45, 2.75) is 13.0 Å². The fraction of sp³-hybridized carbons (Fsp3) is 0.120. The van der Waals surface area contributed by atoms with Crippen LogP contribution in [0.4, 0.5) is 0 Å². The molecule has 37 heavy (non-hydrogen) atoms. The summed E-state index contributed by atoms with van der Waals surface area (Å²) in [7, 11) is 0. The second-order valence-electron chi connectivity index (χ2n) is 8.12. The Labute approximate surface area is 219 Å². The molecule has 2 aromatic heterocycles. The molecule has 1 N–H and O–H groups in total. The van der Waals surface area contributed by atoms with Gasteiger partial charge >= 0.3 is 5.69 Å². The summed E-state index contributed by atoms with van der Waals surface area (Å²) in [4.78, 5) is 44.6. The number of pyridine rings is 1. The molecule has 1 aliphatic rings. The number of ether oxygens (including phenoxy) is 1. The number of carbonyl (C=O) groups excluding carboxylic acids is 1. The number of nitrogens with zero attached hydrogens (tertiary/aromatic N) is 5. The van der Waals surface area contributed by atoms with Crippen LogP contribution in [0.3, 0.4) is 0 Å². The van der Waals surface area contributed by atoms with Gasteiger partial charge in [-0.1, -0.05) is 23.2 Å². The summed E-state index contributed by atoms with van der Waals surface area (Å²) in [6.07, 6.45) is 4.04. The van der Waals surface area contributed by atoms with Gasteiger partial charge in [0.25, 0.3) is 11.5 Å². The molecule has 0 spiro atoms. The van der Waals surface area contributed by atoms with E-state index in [0.29, 0.717) is 30.8 Å². The number of aromatic amines is 1. The Morgan fingerprint density at radius 2 is 1.78 bits per heavy atom. The molecule has 0 fully saturated rings. The van der Waals surface area contributed by atoms with Crippen molar-refractivity contribution in [2.75, 3.05) is 6.54 Å². The SMILES string of the molecule is N#Cc1nn(-c2cc(Cl)c(Oc3ccc4c(c3)CCN(Cc3ccncc3)C4=O)c(Cl)c2)c(=O)[nH]c1=O. The van der Waals surface area contributed by atoms with Crippen molar-refractivity contribution in [3.63, 3.8) is 0 Å². The Kier molecular flexibility index (Phi) is 6.48. The van der Waals surface area contributed by atoms with Crippen LogP contribution >= 0.6 is 23.2 Å². The van der Waals surface area contributed by atoms with E-state index in [1.165, 1.54) is 12.1 Å². The van der Waals surface area contributed by atoms with E-state index < -0.39 is 16.9 Å². The molecule has 0 saturated carbocycles. The van der Waals surface area contributed by atoms with Crippen molar-refractivity contribution < 1.29 is 9.53 Å². The fourth-order valence-corrected chi connectivity index (χ4v) is 4.52. The van der Waals surface area contributed by atoms with Gasteiger partial charge in [-0.05, 0) is 60.0 Å². The van der Waals surface area contributed by atoms with Crippen LogP contribution in [0, 0.1) is 11.3 Å². The molecule has 3 heterocycles. The number of hydrogen-bond donors (Lipinski definition) is 1. The van der Waals surface area contributed by atoms with Crippen LogP contribution in [-0.4, -0.2) is 37.1 Å². The predicted molar refractivity (Wildman–Crippen MR) is 134 cm³/mol. The highest BCUT2D eigenvalue weighted by molar-refractivity contribution is 6.37. The molecule has 1 aliphatic heterocycles. The van der Waals surface area contributed by atoms with Crippen LogP contribution in [-0.2, 0) is 13.0 Å². The number of fused-ring (bicyclic) bond motifs is 1. The van der Waals surface area contributed by atoms with Crippen LogP contribution in [0.2, 0.25) is 10.0 Å². The van der Waals surface area contributed by atoms with Gasteiger partial charge in [0, 0.05) is 31.0 Å². The number of nitrogens with one attached hydrogen (secondary N) is 1.